The van der Waals surface area contributed by atoms with Gasteiger partial charge in [-0.15, -0.1) is 0 Å². The highest BCUT2D eigenvalue weighted by Gasteiger charge is 2.08. The number of halogens is 1. The van der Waals surface area contributed by atoms with Crippen molar-refractivity contribution in [3.05, 3.63) is 65.0 Å². The Kier molecular flexibility index (Phi) is 4.51. The van der Waals surface area contributed by atoms with Crippen LogP contribution in [0.5, 0.6) is 0 Å². The fourth-order valence-corrected chi connectivity index (χ4v) is 2.16. The molecule has 2 N–H and O–H groups in total. The third kappa shape index (κ3) is 3.92. The van der Waals surface area contributed by atoms with E-state index in [1.807, 2.05) is 31.2 Å². The van der Waals surface area contributed by atoms with Crippen molar-refractivity contribution in [3.63, 3.8) is 0 Å². The first kappa shape index (κ1) is 14.3. The van der Waals surface area contributed by atoms with Crippen LogP contribution >= 0.6 is 0 Å². The molecule has 0 atom stereocenters. The predicted molar refractivity (Wildman–Crippen MR) is 79.0 cm³/mol. The summed E-state index contributed by atoms with van der Waals surface area (Å²) in [6, 6.07) is 12.1. The average Bonchev–Trinajstić information content (AvgIpc) is 2.41. The molecule has 0 saturated carbocycles. The molecule has 2 rings (SSSR count). The van der Waals surface area contributed by atoms with E-state index in [1.165, 1.54) is 12.1 Å². The van der Waals surface area contributed by atoms with Crippen LogP contribution in [0.4, 0.5) is 10.1 Å². The maximum absolute atomic E-state index is 13.2. The van der Waals surface area contributed by atoms with E-state index in [1.54, 1.807) is 6.07 Å². The fraction of sp³-hybridized carbons (Fsp3) is 0.235. The number of anilines is 1. The third-order valence-electron chi connectivity index (χ3n) is 3.34. The number of carbonyl (C=O) groups excluding carboxylic acids is 1. The van der Waals surface area contributed by atoms with Crippen LogP contribution in [0.2, 0.25) is 0 Å². The lowest BCUT2D eigenvalue weighted by atomic mass is 9.99. The molecule has 0 heterocycles. The minimum Gasteiger partial charge on any atom is -0.399 e. The van der Waals surface area contributed by atoms with Gasteiger partial charge in [0.2, 0.25) is 0 Å². The summed E-state index contributed by atoms with van der Waals surface area (Å²) in [5.41, 5.74) is 9.17. The van der Waals surface area contributed by atoms with Gasteiger partial charge in [0.1, 0.15) is 11.6 Å². The SMILES string of the molecule is Cc1ccc(F)cc1CC(=O)CCc1cccc(N)c1. The van der Waals surface area contributed by atoms with Gasteiger partial charge in [-0.2, -0.15) is 0 Å². The van der Waals surface area contributed by atoms with Gasteiger partial charge in [0, 0.05) is 18.5 Å². The van der Waals surface area contributed by atoms with Crippen LogP contribution in [0.15, 0.2) is 42.5 Å². The van der Waals surface area contributed by atoms with Crippen molar-refractivity contribution in [2.45, 2.75) is 26.2 Å². The van der Waals surface area contributed by atoms with Gasteiger partial charge in [-0.1, -0.05) is 18.2 Å². The van der Waals surface area contributed by atoms with E-state index >= 15 is 0 Å². The van der Waals surface area contributed by atoms with Crippen LogP contribution in [0.25, 0.3) is 0 Å². The Balaban J connectivity index is 1.94. The first-order valence-electron chi connectivity index (χ1n) is 6.66. The number of hydrogen-bond donors (Lipinski definition) is 1. The Morgan fingerprint density at radius 3 is 2.75 bits per heavy atom. The van der Waals surface area contributed by atoms with Gasteiger partial charge in [0.05, 0.1) is 0 Å². The topological polar surface area (TPSA) is 43.1 Å². The molecule has 0 aromatic heterocycles. The molecule has 2 aromatic carbocycles. The van der Waals surface area contributed by atoms with Crippen LogP contribution in [-0.4, -0.2) is 5.78 Å². The quantitative estimate of drug-likeness (QED) is 0.846. The molecule has 104 valence electrons. The standard InChI is InChI=1S/C17H18FNO/c1-12-5-7-15(18)10-14(12)11-17(20)8-6-13-3-2-4-16(19)9-13/h2-5,7,9-10H,6,8,11,19H2,1H3. The number of carbonyl (C=O) groups is 1. The van der Waals surface area contributed by atoms with Crippen molar-refractivity contribution in [3.8, 4) is 0 Å². The third-order valence-corrected chi connectivity index (χ3v) is 3.34. The zero-order valence-electron chi connectivity index (χ0n) is 11.5. The van der Waals surface area contributed by atoms with Gasteiger partial charge in [-0.3, -0.25) is 4.79 Å². The molecule has 2 aromatic rings. The van der Waals surface area contributed by atoms with Crippen LogP contribution in [0.1, 0.15) is 23.1 Å². The first-order valence-corrected chi connectivity index (χ1v) is 6.66. The van der Waals surface area contributed by atoms with Crippen molar-refractivity contribution in [1.82, 2.24) is 0 Å². The summed E-state index contributed by atoms with van der Waals surface area (Å²) in [7, 11) is 0. The Bertz CT molecular complexity index is 622. The lowest BCUT2D eigenvalue weighted by Crippen LogP contribution is -2.06. The van der Waals surface area contributed by atoms with Crippen LogP contribution in [-0.2, 0) is 17.6 Å². The van der Waals surface area contributed by atoms with Gasteiger partial charge < -0.3 is 5.73 Å². The van der Waals surface area contributed by atoms with E-state index in [2.05, 4.69) is 0 Å². The fourth-order valence-electron chi connectivity index (χ4n) is 2.16. The number of aryl methyl sites for hydroxylation is 2. The van der Waals surface area contributed by atoms with Crippen molar-refractivity contribution in [2.75, 3.05) is 5.73 Å². The van der Waals surface area contributed by atoms with Gasteiger partial charge >= 0.3 is 0 Å². The zero-order valence-corrected chi connectivity index (χ0v) is 11.5. The maximum atomic E-state index is 13.2. The second-order valence-electron chi connectivity index (χ2n) is 5.03. The van der Waals surface area contributed by atoms with E-state index in [0.717, 1.165) is 16.7 Å². The monoisotopic (exact) mass is 271 g/mol. The van der Waals surface area contributed by atoms with Crippen LogP contribution in [0.3, 0.4) is 0 Å². The molecule has 0 fully saturated rings. The van der Waals surface area contributed by atoms with Crippen molar-refractivity contribution < 1.29 is 9.18 Å². The number of rotatable bonds is 5. The molecule has 0 aliphatic rings. The Labute approximate surface area is 118 Å². The summed E-state index contributed by atoms with van der Waals surface area (Å²) in [4.78, 5) is 12.0. The number of hydrogen-bond acceptors (Lipinski definition) is 2. The molecule has 0 aliphatic carbocycles. The lowest BCUT2D eigenvalue weighted by Gasteiger charge is -2.06. The van der Waals surface area contributed by atoms with Gasteiger partial charge in [0.25, 0.3) is 0 Å². The number of ketones is 1. The molecule has 0 saturated heterocycles. The van der Waals surface area contributed by atoms with E-state index in [9.17, 15) is 9.18 Å². The summed E-state index contributed by atoms with van der Waals surface area (Å²) < 4.78 is 13.2. The zero-order chi connectivity index (χ0) is 14.5. The number of nitrogen functional groups attached to an aromatic ring is 1. The summed E-state index contributed by atoms with van der Waals surface area (Å²) in [6.07, 6.45) is 1.39. The highest BCUT2D eigenvalue weighted by atomic mass is 19.1. The summed E-state index contributed by atoms with van der Waals surface area (Å²) in [5, 5.41) is 0. The molecule has 20 heavy (non-hydrogen) atoms. The summed E-state index contributed by atoms with van der Waals surface area (Å²) in [5.74, 6) is -0.185. The maximum Gasteiger partial charge on any atom is 0.137 e. The highest BCUT2D eigenvalue weighted by molar-refractivity contribution is 5.81. The average molecular weight is 271 g/mol. The number of nitrogens with two attached hydrogens (primary N) is 1. The molecular weight excluding hydrogens is 253 g/mol. The smallest absolute Gasteiger partial charge is 0.137 e. The van der Waals surface area contributed by atoms with Crippen LogP contribution in [0, 0.1) is 12.7 Å². The molecule has 0 radical (unpaired) electrons. The molecule has 2 nitrogen and oxygen atoms in total. The number of Topliss-reactive ketones (excluding diaryl/α,β-unsaturated/α-hetero) is 1. The Morgan fingerprint density at radius 1 is 1.20 bits per heavy atom. The lowest BCUT2D eigenvalue weighted by molar-refractivity contribution is -0.118. The molecular formula is C17H18FNO. The minimum absolute atomic E-state index is 0.112. The molecule has 0 amide bonds. The van der Waals surface area contributed by atoms with E-state index in [0.29, 0.717) is 18.5 Å². The first-order chi connectivity index (χ1) is 9.54. The molecule has 0 aliphatic heterocycles. The van der Waals surface area contributed by atoms with Crippen LogP contribution < -0.4 is 5.73 Å². The van der Waals surface area contributed by atoms with Gasteiger partial charge in [0.15, 0.2) is 0 Å². The molecule has 0 bridgehead atoms. The predicted octanol–water partition coefficient (Wildman–Crippen LogP) is 3.46. The van der Waals surface area contributed by atoms with Crippen molar-refractivity contribution in [2.24, 2.45) is 0 Å². The molecule has 3 heteroatoms. The van der Waals surface area contributed by atoms with E-state index in [-0.39, 0.29) is 18.0 Å². The van der Waals surface area contributed by atoms with E-state index in [4.69, 9.17) is 5.73 Å². The molecule has 0 spiro atoms. The Morgan fingerprint density at radius 2 is 2.00 bits per heavy atom. The largest absolute Gasteiger partial charge is 0.399 e. The minimum atomic E-state index is -0.297. The summed E-state index contributed by atoms with van der Waals surface area (Å²) >= 11 is 0. The second-order valence-corrected chi connectivity index (χ2v) is 5.03. The summed E-state index contributed by atoms with van der Waals surface area (Å²) in [6.45, 7) is 1.89. The van der Waals surface area contributed by atoms with E-state index < -0.39 is 0 Å². The normalized spacial score (nSPS) is 10.5. The Hall–Kier alpha value is -2.16. The molecule has 0 unspecified atom stereocenters. The highest BCUT2D eigenvalue weighted by Crippen LogP contribution is 2.14. The number of benzene rings is 2. The van der Waals surface area contributed by atoms with Gasteiger partial charge in [-0.25, -0.2) is 4.39 Å². The van der Waals surface area contributed by atoms with Crippen molar-refractivity contribution in [1.29, 1.82) is 0 Å². The van der Waals surface area contributed by atoms with Gasteiger partial charge in [-0.05, 0) is 54.3 Å². The second kappa shape index (κ2) is 6.33. The van der Waals surface area contributed by atoms with Crippen molar-refractivity contribution >= 4 is 11.5 Å².